The Morgan fingerprint density at radius 2 is 1.74 bits per heavy atom. The first kappa shape index (κ1) is 11.6. The summed E-state index contributed by atoms with van der Waals surface area (Å²) in [6.45, 7) is 1.12. The Hall–Kier alpha value is -1.19. The first-order valence-corrected chi connectivity index (χ1v) is 7.16. The minimum absolute atomic E-state index is 0.0261. The number of hydrogen-bond acceptors (Lipinski definition) is 3. The molecule has 0 radical (unpaired) electrons. The molecule has 0 bridgehead atoms. The highest BCUT2D eigenvalue weighted by Crippen LogP contribution is 2.51. The molecule has 2 saturated carbocycles. The quantitative estimate of drug-likeness (QED) is 0.718. The van der Waals surface area contributed by atoms with E-state index < -0.39 is 5.79 Å². The number of rotatable bonds is 0. The van der Waals surface area contributed by atoms with Crippen molar-refractivity contribution in [3.8, 4) is 0 Å². The van der Waals surface area contributed by atoms with Crippen molar-refractivity contribution in [1.29, 1.82) is 0 Å². The van der Waals surface area contributed by atoms with Crippen LogP contribution in [0.2, 0.25) is 0 Å². The predicted molar refractivity (Wildman–Crippen MR) is 69.2 cm³/mol. The molecule has 2 aliphatic carbocycles. The molecule has 0 aromatic heterocycles. The third-order valence-corrected chi connectivity index (χ3v) is 4.98. The molecule has 1 spiro atoms. The lowest BCUT2D eigenvalue weighted by molar-refractivity contribution is -0.259. The normalized spacial score (nSPS) is 32.1. The zero-order chi connectivity index (χ0) is 12.9. The maximum absolute atomic E-state index is 12.2. The minimum Gasteiger partial charge on any atom is -0.344 e. The zero-order valence-electron chi connectivity index (χ0n) is 10.9. The Bertz CT molecular complexity index is 495. The molecule has 3 heteroatoms. The fraction of sp³-hybridized carbons (Fsp3) is 0.562. The molecule has 2 unspecified atom stereocenters. The Labute approximate surface area is 112 Å². The molecule has 1 heterocycles. The molecule has 19 heavy (non-hydrogen) atoms. The van der Waals surface area contributed by atoms with Gasteiger partial charge in [0.2, 0.25) is 0 Å². The topological polar surface area (TPSA) is 35.5 Å². The molecule has 0 N–H and O–H groups in total. The van der Waals surface area contributed by atoms with Gasteiger partial charge >= 0.3 is 0 Å². The van der Waals surface area contributed by atoms with Crippen LogP contribution in [0.4, 0.5) is 0 Å². The van der Waals surface area contributed by atoms with Crippen molar-refractivity contribution in [3.05, 3.63) is 35.4 Å². The van der Waals surface area contributed by atoms with Crippen molar-refractivity contribution in [2.75, 3.05) is 0 Å². The maximum atomic E-state index is 12.2. The van der Waals surface area contributed by atoms with Crippen LogP contribution in [0.1, 0.15) is 36.8 Å². The van der Waals surface area contributed by atoms with Crippen molar-refractivity contribution in [3.63, 3.8) is 0 Å². The van der Waals surface area contributed by atoms with Crippen LogP contribution in [-0.2, 0) is 27.5 Å². The Morgan fingerprint density at radius 1 is 1.05 bits per heavy atom. The van der Waals surface area contributed by atoms with Crippen LogP contribution in [0.15, 0.2) is 24.3 Å². The minimum atomic E-state index is -0.642. The summed E-state index contributed by atoms with van der Waals surface area (Å²) in [4.78, 5) is 12.2. The molecule has 4 rings (SSSR count). The first-order valence-electron chi connectivity index (χ1n) is 7.16. The summed E-state index contributed by atoms with van der Waals surface area (Å²) in [5.41, 5.74) is 2.38. The molecule has 0 amide bonds. The van der Waals surface area contributed by atoms with Crippen LogP contribution in [0, 0.1) is 11.8 Å². The van der Waals surface area contributed by atoms with E-state index in [4.69, 9.17) is 9.47 Å². The number of fused-ring (bicyclic) bond motifs is 3. The molecule has 0 saturated heterocycles. The van der Waals surface area contributed by atoms with Crippen LogP contribution >= 0.6 is 0 Å². The molecular formula is C16H18O3. The van der Waals surface area contributed by atoms with Gasteiger partial charge < -0.3 is 9.47 Å². The lowest BCUT2D eigenvalue weighted by Gasteiger charge is -2.32. The summed E-state index contributed by atoms with van der Waals surface area (Å²) in [6, 6.07) is 8.22. The summed E-state index contributed by atoms with van der Waals surface area (Å²) in [6.07, 6.45) is 3.65. The second-order valence-corrected chi connectivity index (χ2v) is 5.94. The van der Waals surface area contributed by atoms with Crippen LogP contribution in [0.5, 0.6) is 0 Å². The van der Waals surface area contributed by atoms with E-state index in [9.17, 15) is 4.79 Å². The second-order valence-electron chi connectivity index (χ2n) is 5.94. The number of carbonyl (C=O) groups is 1. The van der Waals surface area contributed by atoms with Crippen LogP contribution in [0.3, 0.4) is 0 Å². The molecule has 1 aliphatic heterocycles. The van der Waals surface area contributed by atoms with Gasteiger partial charge in [-0.3, -0.25) is 4.79 Å². The smallest absolute Gasteiger partial charge is 0.179 e. The summed E-state index contributed by atoms with van der Waals surface area (Å²) in [7, 11) is 0. The number of ketones is 1. The van der Waals surface area contributed by atoms with E-state index in [2.05, 4.69) is 12.1 Å². The number of carbonyl (C=O) groups excluding carboxylic acids is 1. The van der Waals surface area contributed by atoms with Crippen molar-refractivity contribution in [1.82, 2.24) is 0 Å². The van der Waals surface area contributed by atoms with Crippen molar-refractivity contribution in [2.45, 2.75) is 44.7 Å². The van der Waals surface area contributed by atoms with Crippen molar-refractivity contribution >= 4 is 5.78 Å². The number of hydrogen-bond donors (Lipinski definition) is 0. The Balaban J connectivity index is 1.66. The number of ether oxygens (including phenoxy) is 2. The van der Waals surface area contributed by atoms with E-state index in [0.717, 1.165) is 19.3 Å². The van der Waals surface area contributed by atoms with Crippen molar-refractivity contribution < 1.29 is 14.3 Å². The highest BCUT2D eigenvalue weighted by atomic mass is 16.7. The Morgan fingerprint density at radius 3 is 2.42 bits per heavy atom. The SMILES string of the molecule is O=C1CCC2CCC3(OCc4ccccc4CO3)C12. The summed E-state index contributed by atoms with van der Waals surface area (Å²) in [5.74, 6) is 0.154. The average Bonchev–Trinajstić information content (AvgIpc) is 2.91. The van der Waals surface area contributed by atoms with Gasteiger partial charge in [0.05, 0.1) is 19.1 Å². The van der Waals surface area contributed by atoms with Gasteiger partial charge in [-0.05, 0) is 29.9 Å². The van der Waals surface area contributed by atoms with E-state index in [-0.39, 0.29) is 5.92 Å². The molecule has 100 valence electrons. The second kappa shape index (κ2) is 4.15. The molecule has 3 aliphatic rings. The highest BCUT2D eigenvalue weighted by molar-refractivity contribution is 5.84. The standard InChI is InChI=1S/C16H18O3/c17-14-6-5-11-7-8-16(15(11)14)18-9-12-3-1-2-4-13(12)10-19-16/h1-4,11,15H,5-10H2. The van der Waals surface area contributed by atoms with Gasteiger partial charge in [-0.2, -0.15) is 0 Å². The van der Waals surface area contributed by atoms with Gasteiger partial charge in [-0.15, -0.1) is 0 Å². The molecule has 3 nitrogen and oxygen atoms in total. The van der Waals surface area contributed by atoms with Gasteiger partial charge in [0.1, 0.15) is 5.78 Å². The molecule has 1 aromatic rings. The van der Waals surface area contributed by atoms with Gasteiger partial charge in [-0.1, -0.05) is 24.3 Å². The molecule has 2 fully saturated rings. The zero-order valence-corrected chi connectivity index (χ0v) is 10.9. The van der Waals surface area contributed by atoms with E-state index in [0.29, 0.717) is 31.3 Å². The third kappa shape index (κ3) is 1.68. The van der Waals surface area contributed by atoms with Gasteiger partial charge in [0.25, 0.3) is 0 Å². The highest BCUT2D eigenvalue weighted by Gasteiger charge is 2.57. The van der Waals surface area contributed by atoms with Gasteiger partial charge in [-0.25, -0.2) is 0 Å². The van der Waals surface area contributed by atoms with Gasteiger partial charge in [0.15, 0.2) is 5.79 Å². The van der Waals surface area contributed by atoms with Crippen LogP contribution < -0.4 is 0 Å². The molecular weight excluding hydrogens is 240 g/mol. The maximum Gasteiger partial charge on any atom is 0.179 e. The lowest BCUT2D eigenvalue weighted by Crippen LogP contribution is -2.42. The van der Waals surface area contributed by atoms with Gasteiger partial charge in [0, 0.05) is 12.8 Å². The Kier molecular flexibility index (Phi) is 2.54. The van der Waals surface area contributed by atoms with E-state index in [1.54, 1.807) is 0 Å². The average molecular weight is 258 g/mol. The van der Waals surface area contributed by atoms with Crippen LogP contribution in [-0.4, -0.2) is 11.6 Å². The first-order chi connectivity index (χ1) is 9.28. The fourth-order valence-corrected chi connectivity index (χ4v) is 3.97. The lowest BCUT2D eigenvalue weighted by atomic mass is 9.95. The summed E-state index contributed by atoms with van der Waals surface area (Å²) < 4.78 is 12.2. The number of Topliss-reactive ketones (excluding diaryl/α,β-unsaturated/α-hetero) is 1. The monoisotopic (exact) mass is 258 g/mol. The molecule has 1 aromatic carbocycles. The largest absolute Gasteiger partial charge is 0.344 e. The van der Waals surface area contributed by atoms with E-state index in [1.807, 2.05) is 12.1 Å². The third-order valence-electron chi connectivity index (χ3n) is 4.98. The summed E-state index contributed by atoms with van der Waals surface area (Å²) >= 11 is 0. The summed E-state index contributed by atoms with van der Waals surface area (Å²) in [5, 5.41) is 0. The van der Waals surface area contributed by atoms with Crippen LogP contribution in [0.25, 0.3) is 0 Å². The number of benzene rings is 1. The predicted octanol–water partition coefficient (Wildman–Crippen LogP) is 2.82. The van der Waals surface area contributed by atoms with Crippen molar-refractivity contribution in [2.24, 2.45) is 11.8 Å². The van der Waals surface area contributed by atoms with E-state index >= 15 is 0 Å². The fourth-order valence-electron chi connectivity index (χ4n) is 3.97. The molecule has 2 atom stereocenters. The van der Waals surface area contributed by atoms with E-state index in [1.165, 1.54) is 11.1 Å².